The molecule has 140 valence electrons. The Balaban J connectivity index is 1.65. The van der Waals surface area contributed by atoms with Crippen molar-refractivity contribution in [2.24, 2.45) is 0 Å². The molecule has 0 radical (unpaired) electrons. The maximum absolute atomic E-state index is 13.8. The average molecular weight is 376 g/mol. The zero-order valence-electron chi connectivity index (χ0n) is 15.1. The number of aryl methyl sites for hydroxylation is 1. The molecule has 0 fully saturated rings. The van der Waals surface area contributed by atoms with Crippen molar-refractivity contribution in [1.29, 1.82) is 0 Å². The summed E-state index contributed by atoms with van der Waals surface area (Å²) in [6.07, 6.45) is 1.53. The van der Waals surface area contributed by atoms with Gasteiger partial charge in [0.15, 0.2) is 11.6 Å². The van der Waals surface area contributed by atoms with Crippen molar-refractivity contribution >= 4 is 5.91 Å². The summed E-state index contributed by atoms with van der Waals surface area (Å²) in [5.74, 6) is -0.00201. The second kappa shape index (κ2) is 7.48. The first-order valence-corrected chi connectivity index (χ1v) is 8.71. The Morgan fingerprint density at radius 2 is 2.00 bits per heavy atom. The van der Waals surface area contributed by atoms with E-state index < -0.39 is 5.91 Å². The van der Waals surface area contributed by atoms with E-state index in [-0.39, 0.29) is 18.2 Å². The monoisotopic (exact) mass is 376 g/mol. The zero-order chi connectivity index (χ0) is 19.5. The standard InChI is InChI=1S/C21H17FN4O2/c1-14-6-4-8-16(12-14)26-20(18-10-5-11-28-18)24-19(25-26)21(27)23-13-15-7-2-3-9-17(15)22/h2-12H,13H2,1H3,(H,23,27). The average Bonchev–Trinajstić information content (AvgIpc) is 3.37. The van der Waals surface area contributed by atoms with Gasteiger partial charge in [-0.05, 0) is 42.8 Å². The largest absolute Gasteiger partial charge is 0.461 e. The molecule has 6 nitrogen and oxygen atoms in total. The SMILES string of the molecule is Cc1cccc(-n2nc(C(=O)NCc3ccccc3F)nc2-c2ccco2)c1. The molecule has 2 aromatic heterocycles. The molecule has 0 spiro atoms. The Morgan fingerprint density at radius 1 is 1.14 bits per heavy atom. The van der Waals surface area contributed by atoms with Gasteiger partial charge in [0.05, 0.1) is 12.0 Å². The highest BCUT2D eigenvalue weighted by molar-refractivity contribution is 5.90. The van der Waals surface area contributed by atoms with Gasteiger partial charge in [0.25, 0.3) is 5.91 Å². The minimum atomic E-state index is -0.498. The fraction of sp³-hybridized carbons (Fsp3) is 0.0952. The molecule has 4 rings (SSSR count). The summed E-state index contributed by atoms with van der Waals surface area (Å²) in [4.78, 5) is 16.9. The van der Waals surface area contributed by atoms with Gasteiger partial charge in [-0.2, -0.15) is 4.98 Å². The fourth-order valence-corrected chi connectivity index (χ4v) is 2.81. The molecule has 0 saturated carbocycles. The van der Waals surface area contributed by atoms with E-state index in [2.05, 4.69) is 15.4 Å². The molecular formula is C21H17FN4O2. The third-order valence-corrected chi connectivity index (χ3v) is 4.20. The molecule has 28 heavy (non-hydrogen) atoms. The molecule has 0 aliphatic heterocycles. The Kier molecular flexibility index (Phi) is 4.72. The molecule has 1 N–H and O–H groups in total. The highest BCUT2D eigenvalue weighted by Crippen LogP contribution is 2.22. The summed E-state index contributed by atoms with van der Waals surface area (Å²) in [7, 11) is 0. The molecule has 1 amide bonds. The van der Waals surface area contributed by atoms with Crippen LogP contribution in [0.1, 0.15) is 21.7 Å². The van der Waals surface area contributed by atoms with Gasteiger partial charge in [-0.3, -0.25) is 4.79 Å². The van der Waals surface area contributed by atoms with E-state index in [1.54, 1.807) is 35.0 Å². The molecule has 0 unspecified atom stereocenters. The van der Waals surface area contributed by atoms with Crippen molar-refractivity contribution in [1.82, 2.24) is 20.1 Å². The van der Waals surface area contributed by atoms with Crippen molar-refractivity contribution in [2.45, 2.75) is 13.5 Å². The van der Waals surface area contributed by atoms with Crippen molar-refractivity contribution in [2.75, 3.05) is 0 Å². The van der Waals surface area contributed by atoms with Gasteiger partial charge in [0, 0.05) is 12.1 Å². The topological polar surface area (TPSA) is 73.0 Å². The molecule has 0 bridgehead atoms. The molecule has 0 saturated heterocycles. The highest BCUT2D eigenvalue weighted by Gasteiger charge is 2.20. The van der Waals surface area contributed by atoms with E-state index in [4.69, 9.17) is 4.42 Å². The lowest BCUT2D eigenvalue weighted by Crippen LogP contribution is -2.24. The van der Waals surface area contributed by atoms with Crippen LogP contribution in [0, 0.1) is 12.7 Å². The Bertz CT molecular complexity index is 1120. The van der Waals surface area contributed by atoms with Gasteiger partial charge in [-0.1, -0.05) is 30.3 Å². The number of amides is 1. The molecule has 0 aliphatic rings. The van der Waals surface area contributed by atoms with Crippen LogP contribution in [0.25, 0.3) is 17.3 Å². The van der Waals surface area contributed by atoms with Crippen LogP contribution >= 0.6 is 0 Å². The van der Waals surface area contributed by atoms with Crippen LogP contribution in [0.3, 0.4) is 0 Å². The number of rotatable bonds is 5. The number of nitrogens with one attached hydrogen (secondary N) is 1. The van der Waals surface area contributed by atoms with Crippen molar-refractivity contribution in [3.05, 3.63) is 89.7 Å². The molecule has 0 aliphatic carbocycles. The summed E-state index contributed by atoms with van der Waals surface area (Å²) < 4.78 is 20.8. The van der Waals surface area contributed by atoms with Crippen LogP contribution in [-0.4, -0.2) is 20.7 Å². The second-order valence-electron chi connectivity index (χ2n) is 6.26. The zero-order valence-corrected chi connectivity index (χ0v) is 15.1. The number of carbonyl (C=O) groups is 1. The molecule has 2 heterocycles. The predicted octanol–water partition coefficient (Wildman–Crippen LogP) is 3.90. The Labute approximate surface area is 160 Å². The minimum Gasteiger partial charge on any atom is -0.461 e. The second-order valence-corrected chi connectivity index (χ2v) is 6.26. The molecular weight excluding hydrogens is 359 g/mol. The van der Waals surface area contributed by atoms with Gasteiger partial charge >= 0.3 is 0 Å². The maximum Gasteiger partial charge on any atom is 0.291 e. The smallest absolute Gasteiger partial charge is 0.291 e. The van der Waals surface area contributed by atoms with Gasteiger partial charge in [0.1, 0.15) is 5.82 Å². The van der Waals surface area contributed by atoms with Crippen LogP contribution < -0.4 is 5.32 Å². The first-order valence-electron chi connectivity index (χ1n) is 8.71. The van der Waals surface area contributed by atoms with Crippen molar-refractivity contribution in [3.63, 3.8) is 0 Å². The number of hydrogen-bond donors (Lipinski definition) is 1. The van der Waals surface area contributed by atoms with E-state index in [0.29, 0.717) is 17.1 Å². The van der Waals surface area contributed by atoms with Gasteiger partial charge in [-0.15, -0.1) is 5.10 Å². The number of carbonyl (C=O) groups excluding carboxylic acids is 1. The van der Waals surface area contributed by atoms with E-state index in [0.717, 1.165) is 11.3 Å². The molecule has 7 heteroatoms. The normalized spacial score (nSPS) is 10.8. The summed E-state index contributed by atoms with van der Waals surface area (Å²) in [6.45, 7) is 2.01. The summed E-state index contributed by atoms with van der Waals surface area (Å²) in [5, 5.41) is 7.01. The van der Waals surface area contributed by atoms with Crippen molar-refractivity contribution in [3.8, 4) is 17.3 Å². The first-order chi connectivity index (χ1) is 13.6. The van der Waals surface area contributed by atoms with Gasteiger partial charge in [-0.25, -0.2) is 9.07 Å². The summed E-state index contributed by atoms with van der Waals surface area (Å²) in [6, 6.07) is 17.4. The van der Waals surface area contributed by atoms with Crippen LogP contribution in [-0.2, 0) is 6.54 Å². The number of aromatic nitrogens is 3. The Morgan fingerprint density at radius 3 is 2.75 bits per heavy atom. The van der Waals surface area contributed by atoms with Gasteiger partial charge in [0.2, 0.25) is 5.82 Å². The van der Waals surface area contributed by atoms with Crippen molar-refractivity contribution < 1.29 is 13.6 Å². The molecule has 4 aromatic rings. The van der Waals surface area contributed by atoms with Crippen LogP contribution in [0.5, 0.6) is 0 Å². The number of benzene rings is 2. The van der Waals surface area contributed by atoms with E-state index in [1.807, 2.05) is 31.2 Å². The van der Waals surface area contributed by atoms with E-state index in [9.17, 15) is 9.18 Å². The van der Waals surface area contributed by atoms with E-state index >= 15 is 0 Å². The lowest BCUT2D eigenvalue weighted by atomic mass is 10.2. The van der Waals surface area contributed by atoms with Crippen LogP contribution in [0.2, 0.25) is 0 Å². The predicted molar refractivity (Wildman–Crippen MR) is 101 cm³/mol. The quantitative estimate of drug-likeness (QED) is 0.573. The molecule has 0 atom stereocenters. The van der Waals surface area contributed by atoms with Crippen LogP contribution in [0.15, 0.2) is 71.3 Å². The number of hydrogen-bond acceptors (Lipinski definition) is 4. The lowest BCUT2D eigenvalue weighted by Gasteiger charge is -2.05. The summed E-state index contributed by atoms with van der Waals surface area (Å²) >= 11 is 0. The first kappa shape index (κ1) is 17.7. The summed E-state index contributed by atoms with van der Waals surface area (Å²) in [5.41, 5.74) is 2.19. The minimum absolute atomic E-state index is 0.0238. The maximum atomic E-state index is 13.8. The number of furan rings is 1. The lowest BCUT2D eigenvalue weighted by molar-refractivity contribution is 0.0940. The Hall–Kier alpha value is -3.74. The third kappa shape index (κ3) is 3.55. The van der Waals surface area contributed by atoms with Gasteiger partial charge < -0.3 is 9.73 Å². The third-order valence-electron chi connectivity index (χ3n) is 4.20. The highest BCUT2D eigenvalue weighted by atomic mass is 19.1. The van der Waals surface area contributed by atoms with Crippen LogP contribution in [0.4, 0.5) is 4.39 Å². The number of halogens is 1. The molecule has 2 aromatic carbocycles. The number of nitrogens with zero attached hydrogens (tertiary/aromatic N) is 3. The van der Waals surface area contributed by atoms with E-state index in [1.165, 1.54) is 12.3 Å². The fourth-order valence-electron chi connectivity index (χ4n) is 2.81.